The number of imidazole rings is 1. The number of rotatable bonds is 4. The number of esters is 1. The molecule has 2 aromatic rings. The third kappa shape index (κ3) is 2.77. The maximum Gasteiger partial charge on any atom is 0.358 e. The van der Waals surface area contributed by atoms with Gasteiger partial charge >= 0.3 is 5.97 Å². The molecule has 0 aliphatic carbocycles. The number of allylic oxidation sites excluding steroid dienone is 1. The molecule has 0 amide bonds. The minimum Gasteiger partial charge on any atom is -0.497 e. The molecule has 1 aromatic heterocycles. The molecular weight excluding hydrogens is 346 g/mol. The van der Waals surface area contributed by atoms with Crippen molar-refractivity contribution < 1.29 is 19.7 Å². The SMILES string of the molecule is CCOC(=O)c1ncn2c1CN1N[NH2+]C(C(C)C)=C1c1cc(OC)ccc1-2. The number of quaternary nitrogens is 1. The number of ether oxygens (including phenoxy) is 2. The van der Waals surface area contributed by atoms with Crippen LogP contribution >= 0.6 is 0 Å². The zero-order chi connectivity index (χ0) is 19.1. The van der Waals surface area contributed by atoms with Crippen LogP contribution in [0.15, 0.2) is 30.2 Å². The molecule has 0 bridgehead atoms. The van der Waals surface area contributed by atoms with Gasteiger partial charge in [-0.25, -0.2) is 15.2 Å². The predicted octanol–water partition coefficient (Wildman–Crippen LogP) is 1.19. The van der Waals surface area contributed by atoms with Gasteiger partial charge in [-0.2, -0.15) is 0 Å². The Balaban J connectivity index is 1.95. The minimum atomic E-state index is -0.402. The molecule has 0 saturated carbocycles. The molecule has 8 nitrogen and oxygen atoms in total. The van der Waals surface area contributed by atoms with Crippen molar-refractivity contribution in [2.24, 2.45) is 5.92 Å². The number of hydrogen-bond acceptors (Lipinski definition) is 6. The van der Waals surface area contributed by atoms with Crippen LogP contribution in [0.4, 0.5) is 0 Å². The molecule has 3 N–H and O–H groups in total. The third-order valence-corrected chi connectivity index (χ3v) is 4.90. The molecule has 0 atom stereocenters. The van der Waals surface area contributed by atoms with Crippen LogP contribution in [0.1, 0.15) is 42.5 Å². The lowest BCUT2D eigenvalue weighted by Gasteiger charge is -2.16. The zero-order valence-corrected chi connectivity index (χ0v) is 15.9. The van der Waals surface area contributed by atoms with Crippen molar-refractivity contribution in [3.05, 3.63) is 47.2 Å². The van der Waals surface area contributed by atoms with Crippen molar-refractivity contribution in [1.82, 2.24) is 20.1 Å². The lowest BCUT2D eigenvalue weighted by atomic mass is 10.0. The number of benzene rings is 1. The second kappa shape index (κ2) is 6.71. The van der Waals surface area contributed by atoms with Crippen molar-refractivity contribution in [3.63, 3.8) is 0 Å². The van der Waals surface area contributed by atoms with Gasteiger partial charge in [0.2, 0.25) is 0 Å². The molecule has 27 heavy (non-hydrogen) atoms. The van der Waals surface area contributed by atoms with E-state index in [1.54, 1.807) is 20.4 Å². The molecule has 3 heterocycles. The second-order valence-electron chi connectivity index (χ2n) is 6.83. The van der Waals surface area contributed by atoms with Crippen molar-refractivity contribution in [2.75, 3.05) is 13.7 Å². The van der Waals surface area contributed by atoms with E-state index in [9.17, 15) is 4.79 Å². The third-order valence-electron chi connectivity index (χ3n) is 4.90. The Hall–Kier alpha value is -2.84. The number of nitrogens with one attached hydrogen (secondary N) is 1. The van der Waals surface area contributed by atoms with Crippen molar-refractivity contribution >= 4 is 11.7 Å². The number of methoxy groups -OCH3 is 1. The summed E-state index contributed by atoms with van der Waals surface area (Å²) in [5.41, 5.74) is 10.8. The Bertz CT molecular complexity index is 931. The number of hydrogen-bond donors (Lipinski definition) is 2. The molecule has 2 aliphatic heterocycles. The van der Waals surface area contributed by atoms with Gasteiger partial charge in [0, 0.05) is 11.5 Å². The maximum absolute atomic E-state index is 12.4. The van der Waals surface area contributed by atoms with E-state index in [2.05, 4.69) is 29.4 Å². The van der Waals surface area contributed by atoms with Crippen LogP contribution in [0.5, 0.6) is 5.75 Å². The van der Waals surface area contributed by atoms with Crippen LogP contribution in [-0.4, -0.2) is 34.2 Å². The highest BCUT2D eigenvalue weighted by molar-refractivity contribution is 5.89. The summed E-state index contributed by atoms with van der Waals surface area (Å²) in [6, 6.07) is 5.95. The molecule has 0 saturated heterocycles. The first-order chi connectivity index (χ1) is 13.0. The molecular formula is C19H24N5O3+. The average molecular weight is 370 g/mol. The Kier molecular flexibility index (Phi) is 4.37. The van der Waals surface area contributed by atoms with Gasteiger partial charge in [-0.3, -0.25) is 9.58 Å². The molecule has 8 heteroatoms. The van der Waals surface area contributed by atoms with Crippen LogP contribution in [0, 0.1) is 5.92 Å². The number of fused-ring (bicyclic) bond motifs is 5. The molecule has 142 valence electrons. The summed E-state index contributed by atoms with van der Waals surface area (Å²) in [5, 5.41) is 2.05. The smallest absolute Gasteiger partial charge is 0.358 e. The Morgan fingerprint density at radius 2 is 2.22 bits per heavy atom. The van der Waals surface area contributed by atoms with Gasteiger partial charge in [-0.15, -0.1) is 0 Å². The standard InChI is InChI=1S/C19H23N5O3/c1-5-27-19(25)17-15-9-24-18(16(11(2)3)21-22-24)13-8-12(26-4)6-7-14(13)23(15)10-20-17/h6-8,10-11,21-22H,5,9H2,1-4H3/p+1. The van der Waals surface area contributed by atoms with E-state index in [1.807, 2.05) is 28.2 Å². The van der Waals surface area contributed by atoms with E-state index in [0.717, 1.165) is 28.4 Å². The summed E-state index contributed by atoms with van der Waals surface area (Å²) in [7, 11) is 1.66. The first kappa shape index (κ1) is 17.6. The Morgan fingerprint density at radius 1 is 1.41 bits per heavy atom. The summed E-state index contributed by atoms with van der Waals surface area (Å²) in [6.07, 6.45) is 1.69. The second-order valence-corrected chi connectivity index (χ2v) is 6.83. The lowest BCUT2D eigenvalue weighted by molar-refractivity contribution is -0.681. The van der Waals surface area contributed by atoms with Crippen LogP contribution in [-0.2, 0) is 11.3 Å². The van der Waals surface area contributed by atoms with E-state index >= 15 is 0 Å². The molecule has 4 rings (SSSR count). The lowest BCUT2D eigenvalue weighted by Crippen LogP contribution is -2.91. The monoisotopic (exact) mass is 370 g/mol. The van der Waals surface area contributed by atoms with Gasteiger partial charge in [0.15, 0.2) is 11.4 Å². The van der Waals surface area contributed by atoms with Gasteiger partial charge in [0.05, 0.1) is 31.6 Å². The van der Waals surface area contributed by atoms with Gasteiger partial charge < -0.3 is 9.47 Å². The molecule has 0 radical (unpaired) electrons. The van der Waals surface area contributed by atoms with Crippen LogP contribution in [0.3, 0.4) is 0 Å². The number of carbonyl (C=O) groups is 1. The van der Waals surface area contributed by atoms with E-state index < -0.39 is 5.97 Å². The summed E-state index contributed by atoms with van der Waals surface area (Å²) in [4.78, 5) is 16.7. The summed E-state index contributed by atoms with van der Waals surface area (Å²) >= 11 is 0. The summed E-state index contributed by atoms with van der Waals surface area (Å²) in [6.45, 7) is 6.94. The molecule has 0 unspecified atom stereocenters. The number of aromatic nitrogens is 2. The van der Waals surface area contributed by atoms with Crippen molar-refractivity contribution in [2.45, 2.75) is 27.3 Å². The summed E-state index contributed by atoms with van der Waals surface area (Å²) in [5.74, 6) is 0.725. The largest absolute Gasteiger partial charge is 0.497 e. The first-order valence-corrected chi connectivity index (χ1v) is 9.08. The first-order valence-electron chi connectivity index (χ1n) is 9.08. The van der Waals surface area contributed by atoms with Crippen LogP contribution in [0.25, 0.3) is 11.4 Å². The highest BCUT2D eigenvalue weighted by Gasteiger charge is 2.36. The van der Waals surface area contributed by atoms with Gasteiger partial charge in [0.1, 0.15) is 17.8 Å². The number of hydrazine groups is 1. The van der Waals surface area contributed by atoms with E-state index in [0.29, 0.717) is 24.8 Å². The number of nitrogens with two attached hydrogens (primary N) is 1. The molecule has 2 aliphatic rings. The highest BCUT2D eigenvalue weighted by atomic mass is 16.5. The van der Waals surface area contributed by atoms with E-state index in [1.165, 1.54) is 5.70 Å². The van der Waals surface area contributed by atoms with Crippen molar-refractivity contribution in [3.8, 4) is 11.4 Å². The topological polar surface area (TPSA) is 85.2 Å². The number of carbonyl (C=O) groups excluding carboxylic acids is 1. The minimum absolute atomic E-state index is 0.317. The van der Waals surface area contributed by atoms with Gasteiger partial charge in [-0.05, 0) is 25.1 Å². The van der Waals surface area contributed by atoms with Crippen LogP contribution < -0.4 is 15.7 Å². The summed E-state index contributed by atoms with van der Waals surface area (Å²) < 4.78 is 12.6. The molecule has 0 fully saturated rings. The fraction of sp³-hybridized carbons (Fsp3) is 0.368. The zero-order valence-electron chi connectivity index (χ0n) is 15.9. The maximum atomic E-state index is 12.4. The average Bonchev–Trinajstić information content (AvgIpc) is 3.23. The normalized spacial score (nSPS) is 15.4. The Morgan fingerprint density at radius 3 is 2.93 bits per heavy atom. The Labute approximate surface area is 157 Å². The fourth-order valence-electron chi connectivity index (χ4n) is 3.60. The molecule has 1 aromatic carbocycles. The fourth-order valence-corrected chi connectivity index (χ4v) is 3.60. The van der Waals surface area contributed by atoms with Crippen molar-refractivity contribution in [1.29, 1.82) is 0 Å². The molecule has 0 spiro atoms. The highest BCUT2D eigenvalue weighted by Crippen LogP contribution is 2.37. The number of nitrogens with zero attached hydrogens (tertiary/aromatic N) is 3. The van der Waals surface area contributed by atoms with Gasteiger partial charge in [-0.1, -0.05) is 19.4 Å². The van der Waals surface area contributed by atoms with E-state index in [-0.39, 0.29) is 0 Å². The van der Waals surface area contributed by atoms with E-state index in [4.69, 9.17) is 9.47 Å². The van der Waals surface area contributed by atoms with Gasteiger partial charge in [0.25, 0.3) is 0 Å². The van der Waals surface area contributed by atoms with Crippen LogP contribution in [0.2, 0.25) is 0 Å². The predicted molar refractivity (Wildman–Crippen MR) is 98.4 cm³/mol. The quantitative estimate of drug-likeness (QED) is 0.621.